The summed E-state index contributed by atoms with van der Waals surface area (Å²) in [7, 11) is -3.22. The van der Waals surface area contributed by atoms with E-state index in [0.717, 1.165) is 17.4 Å². The molecule has 0 N–H and O–H groups in total. The Bertz CT molecular complexity index is 744. The van der Waals surface area contributed by atoms with Crippen molar-refractivity contribution in [2.45, 2.75) is 24.1 Å². The molecule has 2 aromatic carbocycles. The Balaban J connectivity index is 2.38. The molecule has 112 valence electrons. The van der Waals surface area contributed by atoms with Crippen molar-refractivity contribution in [3.8, 4) is 0 Å². The standard InChI is InChI=1S/C16H16ClFO2S/c1-10-8-13(9-11(2)16(10)18)15(17)12-4-6-14(7-5-12)21(3,19)20/h4-9,15H,1-3H3. The second kappa shape index (κ2) is 5.78. The predicted octanol–water partition coefficient (Wildman–Crippen LogP) is 4.17. The molecule has 0 spiro atoms. The molecule has 5 heteroatoms. The van der Waals surface area contributed by atoms with Crippen LogP contribution in [0.4, 0.5) is 4.39 Å². The highest BCUT2D eigenvalue weighted by Gasteiger charge is 2.15. The van der Waals surface area contributed by atoms with E-state index in [1.54, 1.807) is 38.1 Å². The van der Waals surface area contributed by atoms with Gasteiger partial charge in [-0.05, 0) is 48.2 Å². The Labute approximate surface area is 129 Å². The molecule has 1 atom stereocenters. The fourth-order valence-electron chi connectivity index (χ4n) is 2.20. The van der Waals surface area contributed by atoms with E-state index >= 15 is 0 Å². The van der Waals surface area contributed by atoms with Crippen LogP contribution in [-0.4, -0.2) is 14.7 Å². The van der Waals surface area contributed by atoms with Gasteiger partial charge in [-0.1, -0.05) is 24.3 Å². The van der Waals surface area contributed by atoms with Gasteiger partial charge in [-0.15, -0.1) is 11.6 Å². The van der Waals surface area contributed by atoms with Gasteiger partial charge in [0.15, 0.2) is 9.84 Å². The Morgan fingerprint density at radius 3 is 1.90 bits per heavy atom. The maximum Gasteiger partial charge on any atom is 0.175 e. The molecule has 2 rings (SSSR count). The van der Waals surface area contributed by atoms with Crippen LogP contribution in [0.15, 0.2) is 41.3 Å². The maximum atomic E-state index is 13.7. The smallest absolute Gasteiger partial charge is 0.175 e. The fourth-order valence-corrected chi connectivity index (χ4v) is 3.10. The van der Waals surface area contributed by atoms with E-state index in [0.29, 0.717) is 11.1 Å². The molecule has 0 amide bonds. The molecule has 0 aromatic heterocycles. The number of hydrogen-bond donors (Lipinski definition) is 0. The van der Waals surface area contributed by atoms with Crippen LogP contribution in [-0.2, 0) is 9.84 Å². The molecule has 0 radical (unpaired) electrons. The van der Waals surface area contributed by atoms with Crippen LogP contribution in [0.1, 0.15) is 27.6 Å². The highest BCUT2D eigenvalue weighted by Crippen LogP contribution is 2.31. The number of sulfone groups is 1. The number of rotatable bonds is 3. The summed E-state index contributed by atoms with van der Waals surface area (Å²) in [4.78, 5) is 0.251. The van der Waals surface area contributed by atoms with Crippen LogP contribution < -0.4 is 0 Å². The third kappa shape index (κ3) is 3.44. The first-order valence-electron chi connectivity index (χ1n) is 6.41. The molecule has 0 bridgehead atoms. The average molecular weight is 327 g/mol. The SMILES string of the molecule is Cc1cc(C(Cl)c2ccc(S(C)(=O)=O)cc2)cc(C)c1F. The van der Waals surface area contributed by atoms with Gasteiger partial charge in [-0.2, -0.15) is 0 Å². The largest absolute Gasteiger partial charge is 0.224 e. The summed E-state index contributed by atoms with van der Waals surface area (Å²) in [5, 5.41) is -0.448. The van der Waals surface area contributed by atoms with Gasteiger partial charge in [0.2, 0.25) is 0 Å². The Morgan fingerprint density at radius 2 is 1.48 bits per heavy atom. The summed E-state index contributed by atoms with van der Waals surface area (Å²) in [6, 6.07) is 9.85. The topological polar surface area (TPSA) is 34.1 Å². The lowest BCUT2D eigenvalue weighted by atomic mass is 10.00. The van der Waals surface area contributed by atoms with Crippen molar-refractivity contribution >= 4 is 21.4 Å². The minimum absolute atomic E-state index is 0.227. The van der Waals surface area contributed by atoms with Gasteiger partial charge < -0.3 is 0 Å². The summed E-state index contributed by atoms with van der Waals surface area (Å²) in [6.07, 6.45) is 1.16. The highest BCUT2D eigenvalue weighted by molar-refractivity contribution is 7.90. The van der Waals surface area contributed by atoms with E-state index in [2.05, 4.69) is 0 Å². The molecule has 0 aliphatic heterocycles. The number of alkyl halides is 1. The molecule has 2 aromatic rings. The number of halogens is 2. The number of aryl methyl sites for hydroxylation is 2. The summed E-state index contributed by atoms with van der Waals surface area (Å²) >= 11 is 6.42. The Hall–Kier alpha value is -1.39. The minimum atomic E-state index is -3.22. The molecule has 1 unspecified atom stereocenters. The lowest BCUT2D eigenvalue weighted by molar-refractivity contribution is 0.601. The zero-order valence-electron chi connectivity index (χ0n) is 12.0. The van der Waals surface area contributed by atoms with E-state index in [1.807, 2.05) is 0 Å². The Kier molecular flexibility index (Phi) is 4.40. The van der Waals surface area contributed by atoms with Gasteiger partial charge >= 0.3 is 0 Å². The van der Waals surface area contributed by atoms with Crippen LogP contribution >= 0.6 is 11.6 Å². The molecule has 2 nitrogen and oxygen atoms in total. The summed E-state index contributed by atoms with van der Waals surface area (Å²) < 4.78 is 36.5. The third-order valence-electron chi connectivity index (χ3n) is 3.35. The van der Waals surface area contributed by atoms with Crippen molar-refractivity contribution in [1.29, 1.82) is 0 Å². The second-order valence-corrected chi connectivity index (χ2v) is 7.62. The van der Waals surface area contributed by atoms with Crippen molar-refractivity contribution in [2.75, 3.05) is 6.26 Å². The van der Waals surface area contributed by atoms with Crippen molar-refractivity contribution in [2.24, 2.45) is 0 Å². The molecule has 0 saturated carbocycles. The summed E-state index contributed by atoms with van der Waals surface area (Å²) in [6.45, 7) is 3.39. The third-order valence-corrected chi connectivity index (χ3v) is 4.98. The van der Waals surface area contributed by atoms with Gasteiger partial charge in [0.25, 0.3) is 0 Å². The van der Waals surface area contributed by atoms with Gasteiger partial charge in [-0.25, -0.2) is 12.8 Å². The van der Waals surface area contributed by atoms with E-state index in [4.69, 9.17) is 11.6 Å². The lowest BCUT2D eigenvalue weighted by Gasteiger charge is -2.13. The first-order chi connectivity index (χ1) is 9.70. The molecule has 0 fully saturated rings. The lowest BCUT2D eigenvalue weighted by Crippen LogP contribution is -2.00. The van der Waals surface area contributed by atoms with Crippen molar-refractivity contribution < 1.29 is 12.8 Å². The summed E-state index contributed by atoms with van der Waals surface area (Å²) in [5.74, 6) is -0.227. The Morgan fingerprint density at radius 1 is 1.00 bits per heavy atom. The van der Waals surface area contributed by atoms with E-state index in [1.165, 1.54) is 12.1 Å². The van der Waals surface area contributed by atoms with Crippen molar-refractivity contribution in [1.82, 2.24) is 0 Å². The maximum absolute atomic E-state index is 13.7. The van der Waals surface area contributed by atoms with Crippen LogP contribution in [0.2, 0.25) is 0 Å². The molecule has 21 heavy (non-hydrogen) atoms. The van der Waals surface area contributed by atoms with Crippen LogP contribution in [0.25, 0.3) is 0 Å². The average Bonchev–Trinajstić information content (AvgIpc) is 2.42. The number of hydrogen-bond acceptors (Lipinski definition) is 2. The number of benzene rings is 2. The molecule has 0 heterocycles. The second-order valence-electron chi connectivity index (χ2n) is 5.17. The predicted molar refractivity (Wildman–Crippen MR) is 83.1 cm³/mol. The van der Waals surface area contributed by atoms with Gasteiger partial charge in [0.1, 0.15) is 5.82 Å². The van der Waals surface area contributed by atoms with Crippen molar-refractivity contribution in [3.05, 3.63) is 64.5 Å². The van der Waals surface area contributed by atoms with Crippen LogP contribution in [0.5, 0.6) is 0 Å². The zero-order valence-corrected chi connectivity index (χ0v) is 13.6. The van der Waals surface area contributed by atoms with Crippen LogP contribution in [0.3, 0.4) is 0 Å². The highest BCUT2D eigenvalue weighted by atomic mass is 35.5. The zero-order chi connectivity index (χ0) is 15.8. The molecular weight excluding hydrogens is 311 g/mol. The van der Waals surface area contributed by atoms with E-state index in [9.17, 15) is 12.8 Å². The quantitative estimate of drug-likeness (QED) is 0.793. The monoisotopic (exact) mass is 326 g/mol. The van der Waals surface area contributed by atoms with Crippen LogP contribution in [0, 0.1) is 19.7 Å². The fraction of sp³-hybridized carbons (Fsp3) is 0.250. The molecule has 0 aliphatic rings. The first-order valence-corrected chi connectivity index (χ1v) is 8.73. The summed E-state index contributed by atoms with van der Waals surface area (Å²) in [5.41, 5.74) is 2.65. The molecular formula is C16H16ClFO2S. The van der Waals surface area contributed by atoms with Gasteiger partial charge in [-0.3, -0.25) is 0 Å². The van der Waals surface area contributed by atoms with E-state index < -0.39 is 15.2 Å². The molecule has 0 saturated heterocycles. The first kappa shape index (κ1) is 16.0. The van der Waals surface area contributed by atoms with E-state index in [-0.39, 0.29) is 10.7 Å². The minimum Gasteiger partial charge on any atom is -0.224 e. The normalized spacial score (nSPS) is 13.2. The van der Waals surface area contributed by atoms with Gasteiger partial charge in [0.05, 0.1) is 10.3 Å². The van der Waals surface area contributed by atoms with Crippen molar-refractivity contribution in [3.63, 3.8) is 0 Å². The van der Waals surface area contributed by atoms with Gasteiger partial charge in [0, 0.05) is 6.26 Å². The molecule has 0 aliphatic carbocycles.